The van der Waals surface area contributed by atoms with Gasteiger partial charge < -0.3 is 15.4 Å². The largest absolute Gasteiger partial charge is 0.383 e. The number of benzene rings is 1. The fourth-order valence-corrected chi connectivity index (χ4v) is 2.21. The summed E-state index contributed by atoms with van der Waals surface area (Å²) in [5.74, 6) is -0.448. The van der Waals surface area contributed by atoms with Gasteiger partial charge in [-0.15, -0.1) is 12.4 Å². The molecular formula is C13H18ClFN2O2. The summed E-state index contributed by atoms with van der Waals surface area (Å²) >= 11 is 0. The molecule has 2 N–H and O–H groups in total. The predicted octanol–water partition coefficient (Wildman–Crippen LogP) is 1.11. The first-order valence-electron chi connectivity index (χ1n) is 5.93. The Hall–Kier alpha value is -1.17. The maximum Gasteiger partial charge on any atom is 0.242 e. The molecule has 0 saturated heterocycles. The summed E-state index contributed by atoms with van der Waals surface area (Å²) in [6.45, 7) is 1.05. The zero-order valence-electron chi connectivity index (χ0n) is 10.8. The highest BCUT2D eigenvalue weighted by Crippen LogP contribution is 2.21. The molecule has 0 aromatic heterocycles. The van der Waals surface area contributed by atoms with Crippen LogP contribution in [0.15, 0.2) is 18.2 Å². The van der Waals surface area contributed by atoms with E-state index in [9.17, 15) is 9.18 Å². The third kappa shape index (κ3) is 3.43. The van der Waals surface area contributed by atoms with Gasteiger partial charge in [0.15, 0.2) is 0 Å². The van der Waals surface area contributed by atoms with Crippen LogP contribution in [0, 0.1) is 5.82 Å². The number of ether oxygens (including phenoxy) is 1. The molecule has 1 aromatic rings. The molecule has 1 atom stereocenters. The molecule has 1 aromatic carbocycles. The molecule has 0 radical (unpaired) electrons. The van der Waals surface area contributed by atoms with E-state index in [1.165, 1.54) is 13.2 Å². The van der Waals surface area contributed by atoms with Gasteiger partial charge in [0.25, 0.3) is 0 Å². The number of fused-ring (bicyclic) bond motifs is 1. The zero-order chi connectivity index (χ0) is 13.1. The molecule has 0 aliphatic carbocycles. The standard InChI is InChI=1S/C13H17FN2O2.ClH/c1-18-8-12(15)13(17)16-6-5-9-3-2-4-11(14)10(9)7-16;/h2-4,12H,5-8,15H2,1H3;1H. The molecule has 0 bridgehead atoms. The van der Waals surface area contributed by atoms with Crippen LogP contribution in [0.1, 0.15) is 11.1 Å². The van der Waals surface area contributed by atoms with Gasteiger partial charge in [-0.05, 0) is 18.1 Å². The third-order valence-electron chi connectivity index (χ3n) is 3.19. The van der Waals surface area contributed by atoms with E-state index < -0.39 is 6.04 Å². The molecule has 4 nitrogen and oxygen atoms in total. The van der Waals surface area contributed by atoms with Crippen molar-refractivity contribution in [1.82, 2.24) is 4.90 Å². The number of carbonyl (C=O) groups is 1. The Labute approximate surface area is 118 Å². The van der Waals surface area contributed by atoms with Gasteiger partial charge in [0.2, 0.25) is 5.91 Å². The van der Waals surface area contributed by atoms with Crippen molar-refractivity contribution in [3.05, 3.63) is 35.1 Å². The lowest BCUT2D eigenvalue weighted by atomic mass is 9.99. The Bertz CT molecular complexity index is 456. The smallest absolute Gasteiger partial charge is 0.242 e. The van der Waals surface area contributed by atoms with Crippen molar-refractivity contribution in [2.75, 3.05) is 20.3 Å². The molecule has 106 valence electrons. The highest BCUT2D eigenvalue weighted by molar-refractivity contribution is 5.85. The van der Waals surface area contributed by atoms with Gasteiger partial charge in [0.05, 0.1) is 6.61 Å². The molecule has 1 heterocycles. The van der Waals surface area contributed by atoms with Crippen LogP contribution in [-0.2, 0) is 22.5 Å². The number of hydrogen-bond acceptors (Lipinski definition) is 3. The Kier molecular flexibility index (Phi) is 5.72. The second kappa shape index (κ2) is 6.84. The summed E-state index contributed by atoms with van der Waals surface area (Å²) in [6.07, 6.45) is 0.665. The first kappa shape index (κ1) is 15.9. The third-order valence-corrected chi connectivity index (χ3v) is 3.19. The zero-order valence-corrected chi connectivity index (χ0v) is 11.6. The lowest BCUT2D eigenvalue weighted by Crippen LogP contribution is -2.47. The van der Waals surface area contributed by atoms with Crippen LogP contribution in [-0.4, -0.2) is 37.1 Å². The van der Waals surface area contributed by atoms with E-state index in [1.54, 1.807) is 11.0 Å². The number of methoxy groups -OCH3 is 1. The lowest BCUT2D eigenvalue weighted by Gasteiger charge is -2.30. The van der Waals surface area contributed by atoms with Crippen molar-refractivity contribution in [2.45, 2.75) is 19.0 Å². The summed E-state index contributed by atoms with van der Waals surface area (Å²) in [7, 11) is 1.50. The van der Waals surface area contributed by atoms with E-state index in [2.05, 4.69) is 0 Å². The molecule has 0 saturated carbocycles. The van der Waals surface area contributed by atoms with Crippen LogP contribution in [0.3, 0.4) is 0 Å². The molecule has 1 aliphatic rings. The summed E-state index contributed by atoms with van der Waals surface area (Å²) < 4.78 is 18.5. The van der Waals surface area contributed by atoms with Crippen molar-refractivity contribution in [2.24, 2.45) is 5.73 Å². The minimum atomic E-state index is -0.677. The quantitative estimate of drug-likeness (QED) is 0.906. The maximum atomic E-state index is 13.7. The number of nitrogens with two attached hydrogens (primary N) is 1. The Morgan fingerprint density at radius 2 is 2.32 bits per heavy atom. The highest BCUT2D eigenvalue weighted by Gasteiger charge is 2.26. The predicted molar refractivity (Wildman–Crippen MR) is 72.6 cm³/mol. The van der Waals surface area contributed by atoms with Gasteiger partial charge in [0, 0.05) is 25.8 Å². The first-order valence-corrected chi connectivity index (χ1v) is 5.93. The SMILES string of the molecule is COCC(N)C(=O)N1CCc2cccc(F)c2C1.Cl. The minimum Gasteiger partial charge on any atom is -0.383 e. The summed E-state index contributed by atoms with van der Waals surface area (Å²) in [4.78, 5) is 13.6. The van der Waals surface area contributed by atoms with E-state index in [-0.39, 0.29) is 37.3 Å². The van der Waals surface area contributed by atoms with Crippen LogP contribution in [0.4, 0.5) is 4.39 Å². The number of halogens is 2. The van der Waals surface area contributed by atoms with Gasteiger partial charge in [-0.3, -0.25) is 4.79 Å². The molecule has 1 unspecified atom stereocenters. The van der Waals surface area contributed by atoms with Gasteiger partial charge >= 0.3 is 0 Å². The first-order chi connectivity index (χ1) is 8.63. The average Bonchev–Trinajstić information content (AvgIpc) is 2.38. The molecule has 6 heteroatoms. The van der Waals surface area contributed by atoms with E-state index >= 15 is 0 Å². The molecule has 19 heavy (non-hydrogen) atoms. The lowest BCUT2D eigenvalue weighted by molar-refractivity contribution is -0.134. The molecule has 0 fully saturated rings. The topological polar surface area (TPSA) is 55.6 Å². The van der Waals surface area contributed by atoms with Gasteiger partial charge in [-0.2, -0.15) is 0 Å². The summed E-state index contributed by atoms with van der Waals surface area (Å²) in [6, 6.07) is 4.34. The molecule has 1 aliphatic heterocycles. The van der Waals surface area contributed by atoms with Gasteiger partial charge in [-0.25, -0.2) is 4.39 Å². The van der Waals surface area contributed by atoms with Crippen molar-refractivity contribution in [3.63, 3.8) is 0 Å². The summed E-state index contributed by atoms with van der Waals surface area (Å²) in [5, 5.41) is 0. The van der Waals surface area contributed by atoms with Crippen LogP contribution in [0.5, 0.6) is 0 Å². The highest BCUT2D eigenvalue weighted by atomic mass is 35.5. The van der Waals surface area contributed by atoms with Crippen molar-refractivity contribution in [3.8, 4) is 0 Å². The molecule has 0 spiro atoms. The number of amides is 1. The van der Waals surface area contributed by atoms with Crippen molar-refractivity contribution in [1.29, 1.82) is 0 Å². The molecular weight excluding hydrogens is 271 g/mol. The van der Waals surface area contributed by atoms with Gasteiger partial charge in [-0.1, -0.05) is 12.1 Å². The Morgan fingerprint density at radius 1 is 1.58 bits per heavy atom. The van der Waals surface area contributed by atoms with Crippen LogP contribution >= 0.6 is 12.4 Å². The van der Waals surface area contributed by atoms with Crippen LogP contribution < -0.4 is 5.73 Å². The second-order valence-corrected chi connectivity index (χ2v) is 4.45. The average molecular weight is 289 g/mol. The number of nitrogens with zero attached hydrogens (tertiary/aromatic N) is 1. The maximum absolute atomic E-state index is 13.7. The summed E-state index contributed by atoms with van der Waals surface area (Å²) in [5.41, 5.74) is 7.28. The van der Waals surface area contributed by atoms with E-state index in [1.807, 2.05) is 6.07 Å². The fraction of sp³-hybridized carbons (Fsp3) is 0.462. The Morgan fingerprint density at radius 3 is 3.00 bits per heavy atom. The van der Waals surface area contributed by atoms with Crippen LogP contribution in [0.2, 0.25) is 0 Å². The number of rotatable bonds is 3. The van der Waals surface area contributed by atoms with Crippen molar-refractivity contribution < 1.29 is 13.9 Å². The molecule has 1 amide bonds. The van der Waals surface area contributed by atoms with E-state index in [4.69, 9.17) is 10.5 Å². The number of hydrogen-bond donors (Lipinski definition) is 1. The van der Waals surface area contributed by atoms with Crippen LogP contribution in [0.25, 0.3) is 0 Å². The van der Waals surface area contributed by atoms with Crippen molar-refractivity contribution >= 4 is 18.3 Å². The molecule has 2 rings (SSSR count). The van der Waals surface area contributed by atoms with E-state index in [0.29, 0.717) is 18.5 Å². The number of carbonyl (C=O) groups excluding carboxylic acids is 1. The fourth-order valence-electron chi connectivity index (χ4n) is 2.21. The second-order valence-electron chi connectivity index (χ2n) is 4.45. The minimum absolute atomic E-state index is 0. The van der Waals surface area contributed by atoms with Gasteiger partial charge in [0.1, 0.15) is 11.9 Å². The monoisotopic (exact) mass is 288 g/mol. The van der Waals surface area contributed by atoms with E-state index in [0.717, 1.165) is 5.56 Å². The Balaban J connectivity index is 0.00000180. The normalized spacial score (nSPS) is 15.4.